The Hall–Kier alpha value is -0.940. The summed E-state index contributed by atoms with van der Waals surface area (Å²) in [4.78, 5) is 14.1. The molecule has 1 rings (SSSR count). The summed E-state index contributed by atoms with van der Waals surface area (Å²) in [7, 11) is 3.33. The van der Waals surface area contributed by atoms with Crippen LogP contribution < -0.4 is 0 Å². The molecule has 106 valence electrons. The number of aliphatic hydroxyl groups is 1. The van der Waals surface area contributed by atoms with Crippen LogP contribution in [-0.2, 0) is 4.74 Å². The predicted octanol–water partition coefficient (Wildman–Crippen LogP) is 1.85. The summed E-state index contributed by atoms with van der Waals surface area (Å²) < 4.78 is 4.87. The number of benzene rings is 1. The first kappa shape index (κ1) is 16.1. The Morgan fingerprint density at radius 3 is 2.79 bits per heavy atom. The lowest BCUT2D eigenvalue weighted by Crippen LogP contribution is -2.41. The maximum atomic E-state index is 12.3. The van der Waals surface area contributed by atoms with Gasteiger partial charge in [0.15, 0.2) is 5.78 Å². The molecule has 1 aromatic carbocycles. The number of hydrogen-bond donors (Lipinski definition) is 1. The molecule has 1 N–H and O–H groups in total. The van der Waals surface area contributed by atoms with Gasteiger partial charge in [-0.05, 0) is 26.1 Å². The second-order valence-corrected chi connectivity index (χ2v) is 5.04. The van der Waals surface area contributed by atoms with E-state index in [1.54, 1.807) is 36.2 Å². The van der Waals surface area contributed by atoms with Crippen molar-refractivity contribution in [2.75, 3.05) is 27.3 Å². The molecule has 0 saturated carbocycles. The van der Waals surface area contributed by atoms with E-state index in [0.717, 1.165) is 0 Å². The number of carbonyl (C=O) groups is 1. The van der Waals surface area contributed by atoms with Crippen LogP contribution in [0.5, 0.6) is 0 Å². The normalized spacial score (nSPS) is 14.4. The first-order valence-corrected chi connectivity index (χ1v) is 6.50. The number of methoxy groups -OCH3 is 1. The van der Waals surface area contributed by atoms with Gasteiger partial charge in [0.1, 0.15) is 0 Å². The van der Waals surface area contributed by atoms with E-state index in [-0.39, 0.29) is 18.4 Å². The fraction of sp³-hybridized carbons (Fsp3) is 0.500. The third-order valence-electron chi connectivity index (χ3n) is 3.01. The number of halogens is 1. The standard InChI is InChI=1S/C14H20ClNO3/c1-10(16(2)8-13(17)9-19-3)14(18)11-5-4-6-12(15)7-11/h4-7,10,13,17H,8-9H2,1-3H3. The van der Waals surface area contributed by atoms with Gasteiger partial charge in [0, 0.05) is 24.2 Å². The van der Waals surface area contributed by atoms with Crippen molar-refractivity contribution in [3.8, 4) is 0 Å². The number of ether oxygens (including phenoxy) is 1. The largest absolute Gasteiger partial charge is 0.389 e. The number of carbonyl (C=O) groups excluding carboxylic acids is 1. The Morgan fingerprint density at radius 2 is 2.21 bits per heavy atom. The van der Waals surface area contributed by atoms with Gasteiger partial charge in [0.2, 0.25) is 0 Å². The third-order valence-corrected chi connectivity index (χ3v) is 3.24. The van der Waals surface area contributed by atoms with Crippen LogP contribution in [0.15, 0.2) is 24.3 Å². The third kappa shape index (κ3) is 4.91. The molecule has 0 bridgehead atoms. The maximum absolute atomic E-state index is 12.3. The number of nitrogens with zero attached hydrogens (tertiary/aromatic N) is 1. The first-order valence-electron chi connectivity index (χ1n) is 6.12. The van der Waals surface area contributed by atoms with Gasteiger partial charge in [-0.2, -0.15) is 0 Å². The zero-order valence-electron chi connectivity index (χ0n) is 11.5. The van der Waals surface area contributed by atoms with E-state index in [9.17, 15) is 9.90 Å². The highest BCUT2D eigenvalue weighted by Crippen LogP contribution is 2.14. The molecule has 4 nitrogen and oxygen atoms in total. The molecule has 1 aromatic rings. The Labute approximate surface area is 118 Å². The van der Waals surface area contributed by atoms with Crippen LogP contribution in [0.4, 0.5) is 0 Å². The predicted molar refractivity (Wildman–Crippen MR) is 75.8 cm³/mol. The number of rotatable bonds is 7. The highest BCUT2D eigenvalue weighted by molar-refractivity contribution is 6.31. The molecule has 0 heterocycles. The van der Waals surface area contributed by atoms with E-state index < -0.39 is 6.10 Å². The Balaban J connectivity index is 2.66. The van der Waals surface area contributed by atoms with Gasteiger partial charge in [-0.25, -0.2) is 0 Å². The van der Waals surface area contributed by atoms with Crippen LogP contribution in [0.2, 0.25) is 5.02 Å². The van der Waals surface area contributed by atoms with Crippen LogP contribution in [0.3, 0.4) is 0 Å². The van der Waals surface area contributed by atoms with Crippen molar-refractivity contribution in [3.63, 3.8) is 0 Å². The average molecular weight is 286 g/mol. The number of aliphatic hydroxyl groups excluding tert-OH is 1. The van der Waals surface area contributed by atoms with E-state index in [4.69, 9.17) is 16.3 Å². The summed E-state index contributed by atoms with van der Waals surface area (Å²) in [5.74, 6) is -0.0189. The molecule has 0 aliphatic rings. The summed E-state index contributed by atoms with van der Waals surface area (Å²) in [6, 6.07) is 6.55. The molecule has 0 radical (unpaired) electrons. The number of ketones is 1. The molecular formula is C14H20ClNO3. The highest BCUT2D eigenvalue weighted by Gasteiger charge is 2.21. The van der Waals surface area contributed by atoms with Gasteiger partial charge in [-0.1, -0.05) is 23.7 Å². The summed E-state index contributed by atoms with van der Waals surface area (Å²) >= 11 is 5.88. The molecule has 0 amide bonds. The maximum Gasteiger partial charge on any atom is 0.179 e. The molecule has 0 fully saturated rings. The SMILES string of the molecule is COCC(O)CN(C)C(C)C(=O)c1cccc(Cl)c1. The van der Waals surface area contributed by atoms with Crippen molar-refractivity contribution >= 4 is 17.4 Å². The van der Waals surface area contributed by atoms with E-state index in [2.05, 4.69) is 0 Å². The number of likely N-dealkylation sites (N-methyl/N-ethyl adjacent to an activating group) is 1. The summed E-state index contributed by atoms with van der Waals surface area (Å²) in [6.07, 6.45) is -0.607. The molecule has 0 aliphatic carbocycles. The van der Waals surface area contributed by atoms with Gasteiger partial charge in [0.25, 0.3) is 0 Å². The van der Waals surface area contributed by atoms with Crippen LogP contribution >= 0.6 is 11.6 Å². The first-order chi connectivity index (χ1) is 8.95. The van der Waals surface area contributed by atoms with Crippen molar-refractivity contribution in [3.05, 3.63) is 34.9 Å². The number of Topliss-reactive ketones (excluding diaryl/α,β-unsaturated/α-hetero) is 1. The van der Waals surface area contributed by atoms with Gasteiger partial charge >= 0.3 is 0 Å². The van der Waals surface area contributed by atoms with Gasteiger partial charge in [-0.15, -0.1) is 0 Å². The minimum Gasteiger partial charge on any atom is -0.389 e. The Kier molecular flexibility index (Phi) is 6.45. The smallest absolute Gasteiger partial charge is 0.179 e. The summed E-state index contributed by atoms with van der Waals surface area (Å²) in [5.41, 5.74) is 0.577. The van der Waals surface area contributed by atoms with Crippen molar-refractivity contribution in [2.45, 2.75) is 19.1 Å². The molecule has 0 saturated heterocycles. The lowest BCUT2D eigenvalue weighted by atomic mass is 10.0. The molecular weight excluding hydrogens is 266 g/mol. The quantitative estimate of drug-likeness (QED) is 0.777. The Morgan fingerprint density at radius 1 is 1.53 bits per heavy atom. The highest BCUT2D eigenvalue weighted by atomic mass is 35.5. The van der Waals surface area contributed by atoms with E-state index in [0.29, 0.717) is 17.1 Å². The molecule has 5 heteroatoms. The fourth-order valence-corrected chi connectivity index (χ4v) is 2.01. The van der Waals surface area contributed by atoms with Crippen molar-refractivity contribution < 1.29 is 14.6 Å². The minimum absolute atomic E-state index is 0.0189. The zero-order chi connectivity index (χ0) is 14.4. The van der Waals surface area contributed by atoms with Crippen LogP contribution in [0.1, 0.15) is 17.3 Å². The van der Waals surface area contributed by atoms with Gasteiger partial charge < -0.3 is 9.84 Å². The average Bonchev–Trinajstić information content (AvgIpc) is 2.37. The molecule has 0 aliphatic heterocycles. The van der Waals surface area contributed by atoms with Gasteiger partial charge in [-0.3, -0.25) is 9.69 Å². The second-order valence-electron chi connectivity index (χ2n) is 4.60. The van der Waals surface area contributed by atoms with E-state index >= 15 is 0 Å². The summed E-state index contributed by atoms with van der Waals surface area (Å²) in [5, 5.41) is 10.2. The van der Waals surface area contributed by atoms with Crippen molar-refractivity contribution in [1.82, 2.24) is 4.90 Å². The fourth-order valence-electron chi connectivity index (χ4n) is 1.82. The van der Waals surface area contributed by atoms with Crippen molar-refractivity contribution in [1.29, 1.82) is 0 Å². The number of hydrogen-bond acceptors (Lipinski definition) is 4. The van der Waals surface area contributed by atoms with E-state index in [1.165, 1.54) is 7.11 Å². The molecule has 2 unspecified atom stereocenters. The van der Waals surface area contributed by atoms with Crippen LogP contribution in [0.25, 0.3) is 0 Å². The monoisotopic (exact) mass is 285 g/mol. The molecule has 0 spiro atoms. The second kappa shape index (κ2) is 7.60. The van der Waals surface area contributed by atoms with Crippen LogP contribution in [0, 0.1) is 0 Å². The van der Waals surface area contributed by atoms with Gasteiger partial charge in [0.05, 0.1) is 18.8 Å². The zero-order valence-corrected chi connectivity index (χ0v) is 12.2. The Bertz CT molecular complexity index is 425. The lowest BCUT2D eigenvalue weighted by molar-refractivity contribution is 0.0351. The molecule has 0 aromatic heterocycles. The summed E-state index contributed by atoms with van der Waals surface area (Å²) in [6.45, 7) is 2.44. The molecule has 2 atom stereocenters. The van der Waals surface area contributed by atoms with Crippen LogP contribution in [-0.4, -0.2) is 55.2 Å². The molecule has 19 heavy (non-hydrogen) atoms. The lowest BCUT2D eigenvalue weighted by Gasteiger charge is -2.25. The van der Waals surface area contributed by atoms with E-state index in [1.807, 2.05) is 6.92 Å². The minimum atomic E-state index is -0.607. The topological polar surface area (TPSA) is 49.8 Å². The van der Waals surface area contributed by atoms with Crippen molar-refractivity contribution in [2.24, 2.45) is 0 Å².